The van der Waals surface area contributed by atoms with Gasteiger partial charge in [-0.3, -0.25) is 4.79 Å². The molecule has 0 spiro atoms. The van der Waals surface area contributed by atoms with Crippen LogP contribution < -0.4 is 4.90 Å². The third-order valence-corrected chi connectivity index (χ3v) is 9.28. The first-order chi connectivity index (χ1) is 13.9. The lowest BCUT2D eigenvalue weighted by Crippen LogP contribution is -2.48. The number of carbonyl (C=O) groups is 1. The molecule has 1 aromatic carbocycles. The van der Waals surface area contributed by atoms with Gasteiger partial charge in [0.05, 0.1) is 0 Å². The first-order valence-electron chi connectivity index (χ1n) is 10.1. The van der Waals surface area contributed by atoms with E-state index in [-0.39, 0.29) is 5.91 Å². The number of piperazine rings is 1. The van der Waals surface area contributed by atoms with Gasteiger partial charge in [-0.05, 0) is 42.7 Å². The van der Waals surface area contributed by atoms with Crippen molar-refractivity contribution in [1.82, 2.24) is 9.21 Å². The lowest BCUT2D eigenvalue weighted by atomic mass is 10.1. The Kier molecular flexibility index (Phi) is 5.68. The van der Waals surface area contributed by atoms with Crippen LogP contribution in [-0.2, 0) is 27.8 Å². The summed E-state index contributed by atoms with van der Waals surface area (Å²) in [5.41, 5.74) is 3.34. The Labute approximate surface area is 176 Å². The monoisotopic (exact) mass is 433 g/mol. The fourth-order valence-electron chi connectivity index (χ4n) is 4.01. The maximum Gasteiger partial charge on any atom is 0.252 e. The quantitative estimate of drug-likeness (QED) is 0.744. The number of sulfonamides is 1. The Bertz CT molecular complexity index is 1010. The number of nitrogens with zero attached hydrogens (tertiary/aromatic N) is 3. The minimum Gasteiger partial charge on any atom is -0.369 e. The van der Waals surface area contributed by atoms with Gasteiger partial charge in [0, 0.05) is 56.3 Å². The van der Waals surface area contributed by atoms with Crippen LogP contribution in [0.5, 0.6) is 0 Å². The number of fused-ring (bicyclic) bond motifs is 1. The van der Waals surface area contributed by atoms with Gasteiger partial charge in [-0.2, -0.15) is 4.31 Å². The number of thiophene rings is 1. The molecule has 1 amide bonds. The topological polar surface area (TPSA) is 60.9 Å². The maximum absolute atomic E-state index is 13.2. The van der Waals surface area contributed by atoms with Crippen LogP contribution in [0.3, 0.4) is 0 Å². The number of hydrogen-bond acceptors (Lipinski definition) is 5. The Morgan fingerprint density at radius 1 is 1.10 bits per heavy atom. The van der Waals surface area contributed by atoms with Crippen molar-refractivity contribution in [2.24, 2.45) is 0 Å². The van der Waals surface area contributed by atoms with E-state index in [1.54, 1.807) is 10.4 Å². The van der Waals surface area contributed by atoms with Crippen molar-refractivity contribution in [3.63, 3.8) is 0 Å². The first kappa shape index (κ1) is 20.4. The summed E-state index contributed by atoms with van der Waals surface area (Å²) in [4.78, 5) is 17.2. The van der Waals surface area contributed by atoms with Crippen molar-refractivity contribution >= 4 is 33.0 Å². The number of benzene rings is 1. The van der Waals surface area contributed by atoms with Gasteiger partial charge in [-0.25, -0.2) is 8.42 Å². The molecule has 6 nitrogen and oxygen atoms in total. The lowest BCUT2D eigenvalue weighted by Gasteiger charge is -2.35. The van der Waals surface area contributed by atoms with E-state index in [9.17, 15) is 13.2 Å². The van der Waals surface area contributed by atoms with E-state index in [1.165, 1.54) is 16.9 Å². The molecule has 0 atom stereocenters. The summed E-state index contributed by atoms with van der Waals surface area (Å²) in [7, 11) is -3.49. The second kappa shape index (κ2) is 8.08. The van der Waals surface area contributed by atoms with Crippen LogP contribution in [0.1, 0.15) is 29.3 Å². The predicted octanol–water partition coefficient (Wildman–Crippen LogP) is 2.86. The molecule has 2 aliphatic heterocycles. The number of amides is 1. The molecule has 2 aliphatic rings. The van der Waals surface area contributed by atoms with E-state index in [1.807, 2.05) is 17.9 Å². The third kappa shape index (κ3) is 4.06. The van der Waals surface area contributed by atoms with Crippen molar-refractivity contribution in [2.45, 2.75) is 37.4 Å². The molecular weight excluding hydrogens is 406 g/mol. The highest BCUT2D eigenvalue weighted by atomic mass is 32.2. The van der Waals surface area contributed by atoms with Gasteiger partial charge in [0.1, 0.15) is 4.21 Å². The number of carbonyl (C=O) groups excluding carboxylic acids is 1. The molecule has 0 saturated carbocycles. The summed E-state index contributed by atoms with van der Waals surface area (Å²) in [6, 6.07) is 10.1. The van der Waals surface area contributed by atoms with Crippen molar-refractivity contribution in [2.75, 3.05) is 37.6 Å². The van der Waals surface area contributed by atoms with Gasteiger partial charge >= 0.3 is 0 Å². The maximum atomic E-state index is 13.2. The predicted molar refractivity (Wildman–Crippen MR) is 116 cm³/mol. The van der Waals surface area contributed by atoms with E-state index >= 15 is 0 Å². The molecule has 8 heteroatoms. The molecule has 0 unspecified atom stereocenters. The second-order valence-electron chi connectivity index (χ2n) is 7.66. The second-order valence-corrected chi connectivity index (χ2v) is 11.0. The summed E-state index contributed by atoms with van der Waals surface area (Å²) >= 11 is 1.38. The van der Waals surface area contributed by atoms with Gasteiger partial charge in [-0.15, -0.1) is 11.3 Å². The summed E-state index contributed by atoms with van der Waals surface area (Å²) in [6.07, 6.45) is 1.22. The van der Waals surface area contributed by atoms with Crippen LogP contribution >= 0.6 is 11.3 Å². The Hall–Kier alpha value is -1.90. The van der Waals surface area contributed by atoms with Crippen molar-refractivity contribution in [3.05, 3.63) is 46.3 Å². The summed E-state index contributed by atoms with van der Waals surface area (Å²) in [5, 5.41) is 0. The molecule has 0 aliphatic carbocycles. The van der Waals surface area contributed by atoms with Gasteiger partial charge in [0.15, 0.2) is 0 Å². The standard InChI is InChI=1S/C21H27N3O3S2/c1-3-20(25)23-8-7-19-17(15-23)14-21(28-19)29(26,27)24-11-9-22(10-12-24)18-6-4-5-16(2)13-18/h4-6,13-14H,3,7-12,15H2,1-2H3. The van der Waals surface area contributed by atoms with Crippen LogP contribution in [0.4, 0.5) is 5.69 Å². The van der Waals surface area contributed by atoms with Crippen LogP contribution in [0.2, 0.25) is 0 Å². The van der Waals surface area contributed by atoms with E-state index < -0.39 is 10.0 Å². The van der Waals surface area contributed by atoms with Crippen LogP contribution in [0.15, 0.2) is 34.5 Å². The molecule has 1 saturated heterocycles. The smallest absolute Gasteiger partial charge is 0.252 e. The SMILES string of the molecule is CCC(=O)N1CCc2sc(S(=O)(=O)N3CCN(c4cccc(C)c4)CC3)cc2C1. The average Bonchev–Trinajstić information content (AvgIpc) is 3.17. The fourth-order valence-corrected chi connectivity index (χ4v) is 7.13. The lowest BCUT2D eigenvalue weighted by molar-refractivity contribution is -0.131. The molecule has 1 fully saturated rings. The molecule has 0 radical (unpaired) electrons. The Morgan fingerprint density at radius 2 is 1.86 bits per heavy atom. The van der Waals surface area contributed by atoms with E-state index in [0.717, 1.165) is 22.5 Å². The molecule has 29 heavy (non-hydrogen) atoms. The highest BCUT2D eigenvalue weighted by Crippen LogP contribution is 2.33. The van der Waals surface area contributed by atoms with E-state index in [2.05, 4.69) is 30.0 Å². The molecule has 156 valence electrons. The zero-order valence-electron chi connectivity index (χ0n) is 16.9. The average molecular weight is 434 g/mol. The highest BCUT2D eigenvalue weighted by Gasteiger charge is 2.32. The van der Waals surface area contributed by atoms with Crippen molar-refractivity contribution in [1.29, 1.82) is 0 Å². The molecule has 0 N–H and O–H groups in total. The number of aryl methyl sites for hydroxylation is 1. The first-order valence-corrected chi connectivity index (χ1v) is 12.4. The van der Waals surface area contributed by atoms with Crippen molar-refractivity contribution in [3.8, 4) is 0 Å². The van der Waals surface area contributed by atoms with Crippen LogP contribution in [0.25, 0.3) is 0 Å². The van der Waals surface area contributed by atoms with Gasteiger partial charge in [0.25, 0.3) is 10.0 Å². The fraction of sp³-hybridized carbons (Fsp3) is 0.476. The van der Waals surface area contributed by atoms with E-state index in [0.29, 0.717) is 49.9 Å². The normalized spacial score (nSPS) is 18.0. The third-order valence-electron chi connectivity index (χ3n) is 5.70. The summed E-state index contributed by atoms with van der Waals surface area (Å²) < 4.78 is 28.4. The van der Waals surface area contributed by atoms with Crippen LogP contribution in [0, 0.1) is 6.92 Å². The summed E-state index contributed by atoms with van der Waals surface area (Å²) in [6.45, 7) is 7.47. The largest absolute Gasteiger partial charge is 0.369 e. The van der Waals surface area contributed by atoms with Gasteiger partial charge in [-0.1, -0.05) is 19.1 Å². The summed E-state index contributed by atoms with van der Waals surface area (Å²) in [5.74, 6) is 0.124. The molecule has 3 heterocycles. The zero-order chi connectivity index (χ0) is 20.6. The molecule has 4 rings (SSSR count). The molecule has 1 aromatic heterocycles. The number of hydrogen-bond donors (Lipinski definition) is 0. The minimum absolute atomic E-state index is 0.124. The van der Waals surface area contributed by atoms with Crippen molar-refractivity contribution < 1.29 is 13.2 Å². The zero-order valence-corrected chi connectivity index (χ0v) is 18.6. The van der Waals surface area contributed by atoms with E-state index in [4.69, 9.17) is 0 Å². The number of rotatable bonds is 4. The molecule has 2 aromatic rings. The molecule has 0 bridgehead atoms. The highest BCUT2D eigenvalue weighted by molar-refractivity contribution is 7.91. The van der Waals surface area contributed by atoms with Gasteiger partial charge < -0.3 is 9.80 Å². The Morgan fingerprint density at radius 3 is 2.55 bits per heavy atom. The minimum atomic E-state index is -3.49. The molecular formula is C21H27N3O3S2. The number of anilines is 1. The Balaban J connectivity index is 1.46. The van der Waals surface area contributed by atoms with Crippen LogP contribution in [-0.4, -0.2) is 56.3 Å². The van der Waals surface area contributed by atoms with Gasteiger partial charge in [0.2, 0.25) is 5.91 Å².